The third-order valence-corrected chi connectivity index (χ3v) is 7.40. The molecule has 0 atom stereocenters. The highest BCUT2D eigenvalue weighted by Crippen LogP contribution is 2.33. The molecule has 1 saturated carbocycles. The molecule has 0 saturated heterocycles. The summed E-state index contributed by atoms with van der Waals surface area (Å²) in [5, 5.41) is 14.4. The maximum Gasteiger partial charge on any atom is 0.335 e. The minimum absolute atomic E-state index is 0.126. The second-order valence-electron chi connectivity index (χ2n) is 9.50. The second kappa shape index (κ2) is 11.8. The van der Waals surface area contributed by atoms with E-state index in [9.17, 15) is 14.7 Å². The van der Waals surface area contributed by atoms with Gasteiger partial charge >= 0.3 is 5.97 Å². The summed E-state index contributed by atoms with van der Waals surface area (Å²) in [5.41, 5.74) is 1.92. The van der Waals surface area contributed by atoms with Crippen LogP contribution in [0.5, 0.6) is 11.5 Å². The molecule has 4 aromatic rings. The quantitative estimate of drug-likeness (QED) is 0.239. The fraction of sp³-hybridized carbons (Fsp3) is 0.267. The van der Waals surface area contributed by atoms with Crippen molar-refractivity contribution in [3.05, 3.63) is 98.0 Å². The maximum atomic E-state index is 13.7. The van der Waals surface area contributed by atoms with Gasteiger partial charge in [-0.25, -0.2) is 9.78 Å². The van der Waals surface area contributed by atoms with Crippen molar-refractivity contribution in [3.63, 3.8) is 0 Å². The highest BCUT2D eigenvalue weighted by molar-refractivity contribution is 9.10. The zero-order valence-electron chi connectivity index (χ0n) is 21.5. The van der Waals surface area contributed by atoms with Gasteiger partial charge in [0, 0.05) is 16.0 Å². The number of carboxylic acids is 1. The lowest BCUT2D eigenvalue weighted by Crippen LogP contribution is -2.25. The molecule has 0 amide bonds. The standard InChI is InChI=1S/C30H28BrN3O5/c1-38-26-12-6-11-22(27(26)39-18-19-7-5-10-21(15-19)30(36)37)17-32-34-28(20-8-3-2-4-9-20)33-25-14-13-23(31)16-24(25)29(34)35/h5-7,10-17,20H,2-4,8-9,18H2,1H3,(H,36,37). The summed E-state index contributed by atoms with van der Waals surface area (Å²) in [7, 11) is 1.55. The van der Waals surface area contributed by atoms with Crippen LogP contribution < -0.4 is 15.0 Å². The molecule has 1 fully saturated rings. The van der Waals surface area contributed by atoms with Crippen molar-refractivity contribution >= 4 is 39.0 Å². The number of halogens is 1. The molecule has 0 bridgehead atoms. The van der Waals surface area contributed by atoms with Crippen molar-refractivity contribution in [1.29, 1.82) is 0 Å². The zero-order valence-corrected chi connectivity index (χ0v) is 23.1. The number of ether oxygens (including phenoxy) is 2. The molecule has 8 nitrogen and oxygen atoms in total. The number of aromatic nitrogens is 2. The van der Waals surface area contributed by atoms with E-state index in [4.69, 9.17) is 14.5 Å². The van der Waals surface area contributed by atoms with Crippen LogP contribution in [0.25, 0.3) is 10.9 Å². The molecular formula is C30H28BrN3O5. The molecule has 39 heavy (non-hydrogen) atoms. The van der Waals surface area contributed by atoms with Crippen molar-refractivity contribution in [2.75, 3.05) is 7.11 Å². The Kier molecular flexibility index (Phi) is 8.07. The van der Waals surface area contributed by atoms with E-state index in [1.165, 1.54) is 17.2 Å². The lowest BCUT2D eigenvalue weighted by molar-refractivity contribution is 0.0696. The summed E-state index contributed by atoms with van der Waals surface area (Å²) in [4.78, 5) is 29.9. The number of aromatic carboxylic acids is 1. The highest BCUT2D eigenvalue weighted by atomic mass is 79.9. The van der Waals surface area contributed by atoms with E-state index in [1.54, 1.807) is 43.7 Å². The molecule has 0 radical (unpaired) electrons. The Bertz CT molecular complexity index is 1610. The molecule has 5 rings (SSSR count). The van der Waals surface area contributed by atoms with Crippen LogP contribution in [-0.2, 0) is 6.61 Å². The monoisotopic (exact) mass is 589 g/mol. The molecule has 1 N–H and O–H groups in total. The third-order valence-electron chi connectivity index (χ3n) is 6.90. The van der Waals surface area contributed by atoms with Gasteiger partial charge in [-0.1, -0.05) is 53.4 Å². The highest BCUT2D eigenvalue weighted by Gasteiger charge is 2.23. The molecule has 1 aromatic heterocycles. The lowest BCUT2D eigenvalue weighted by Gasteiger charge is -2.22. The number of fused-ring (bicyclic) bond motifs is 1. The first-order valence-corrected chi connectivity index (χ1v) is 13.6. The van der Waals surface area contributed by atoms with E-state index in [0.717, 1.165) is 30.2 Å². The van der Waals surface area contributed by atoms with Crippen molar-refractivity contribution in [3.8, 4) is 11.5 Å². The maximum absolute atomic E-state index is 13.7. The van der Waals surface area contributed by atoms with Crippen LogP contribution in [-0.4, -0.2) is 34.1 Å². The van der Waals surface area contributed by atoms with Crippen LogP contribution in [0.3, 0.4) is 0 Å². The molecule has 1 aliphatic carbocycles. The summed E-state index contributed by atoms with van der Waals surface area (Å²) >= 11 is 3.46. The average Bonchev–Trinajstić information content (AvgIpc) is 2.96. The van der Waals surface area contributed by atoms with Gasteiger partial charge in [0.15, 0.2) is 11.5 Å². The van der Waals surface area contributed by atoms with E-state index in [-0.39, 0.29) is 23.6 Å². The minimum atomic E-state index is -1.00. The summed E-state index contributed by atoms with van der Waals surface area (Å²) in [5.74, 6) is 0.750. The topological polar surface area (TPSA) is 103 Å². The second-order valence-corrected chi connectivity index (χ2v) is 10.4. The van der Waals surface area contributed by atoms with Crippen molar-refractivity contribution in [2.45, 2.75) is 44.6 Å². The predicted molar refractivity (Wildman–Crippen MR) is 153 cm³/mol. The first kappa shape index (κ1) is 26.6. The smallest absolute Gasteiger partial charge is 0.335 e. The van der Waals surface area contributed by atoms with E-state index in [2.05, 4.69) is 21.0 Å². The van der Waals surface area contributed by atoms with Gasteiger partial charge in [0.05, 0.1) is 29.8 Å². The molecular weight excluding hydrogens is 562 g/mol. The van der Waals surface area contributed by atoms with E-state index in [0.29, 0.717) is 39.4 Å². The van der Waals surface area contributed by atoms with Gasteiger partial charge in [0.25, 0.3) is 5.56 Å². The van der Waals surface area contributed by atoms with Crippen molar-refractivity contribution in [2.24, 2.45) is 5.10 Å². The average molecular weight is 590 g/mol. The van der Waals surface area contributed by atoms with Gasteiger partial charge in [-0.3, -0.25) is 4.79 Å². The number of carbonyl (C=O) groups is 1. The van der Waals surface area contributed by atoms with Crippen LogP contribution in [0.1, 0.15) is 65.3 Å². The Morgan fingerprint density at radius 1 is 1.13 bits per heavy atom. The predicted octanol–water partition coefficient (Wildman–Crippen LogP) is 6.37. The number of rotatable bonds is 8. The van der Waals surface area contributed by atoms with Gasteiger partial charge in [0.1, 0.15) is 12.4 Å². The molecule has 0 unspecified atom stereocenters. The summed E-state index contributed by atoms with van der Waals surface area (Å²) in [6, 6.07) is 17.5. The van der Waals surface area contributed by atoms with E-state index in [1.807, 2.05) is 24.3 Å². The van der Waals surface area contributed by atoms with Crippen molar-refractivity contribution in [1.82, 2.24) is 9.66 Å². The van der Waals surface area contributed by atoms with Crippen LogP contribution in [0.2, 0.25) is 0 Å². The van der Waals surface area contributed by atoms with Crippen molar-refractivity contribution < 1.29 is 19.4 Å². The Hall–Kier alpha value is -3.98. The molecule has 200 valence electrons. The van der Waals surface area contributed by atoms with E-state index < -0.39 is 5.97 Å². The van der Waals surface area contributed by atoms with Crippen LogP contribution in [0, 0.1) is 0 Å². The van der Waals surface area contributed by atoms with Gasteiger partial charge in [-0.05, 0) is 60.9 Å². The Balaban J connectivity index is 1.54. The number of benzene rings is 3. The summed E-state index contributed by atoms with van der Waals surface area (Å²) in [6.07, 6.45) is 6.90. The zero-order chi connectivity index (χ0) is 27.4. The molecule has 1 heterocycles. The normalized spacial score (nSPS) is 14.1. The van der Waals surface area contributed by atoms with E-state index >= 15 is 0 Å². The van der Waals surface area contributed by atoms with Gasteiger partial charge < -0.3 is 14.6 Å². The molecule has 1 aliphatic rings. The number of carboxylic acid groups (broad SMARTS) is 1. The lowest BCUT2D eigenvalue weighted by atomic mass is 9.88. The largest absolute Gasteiger partial charge is 0.493 e. The number of nitrogens with zero attached hydrogens (tertiary/aromatic N) is 3. The van der Waals surface area contributed by atoms with Crippen LogP contribution in [0.4, 0.5) is 0 Å². The summed E-state index contributed by atoms with van der Waals surface area (Å²) in [6.45, 7) is 0.126. The minimum Gasteiger partial charge on any atom is -0.493 e. The fourth-order valence-corrected chi connectivity index (χ4v) is 5.28. The van der Waals surface area contributed by atoms with Gasteiger partial charge in [-0.15, -0.1) is 0 Å². The Labute approximate surface area is 234 Å². The molecule has 9 heteroatoms. The molecule has 3 aromatic carbocycles. The van der Waals surface area contributed by atoms with Gasteiger partial charge in [0.2, 0.25) is 0 Å². The van der Waals surface area contributed by atoms with Crippen LogP contribution >= 0.6 is 15.9 Å². The third kappa shape index (κ3) is 5.88. The first-order valence-electron chi connectivity index (χ1n) is 12.8. The summed E-state index contributed by atoms with van der Waals surface area (Å²) < 4.78 is 13.9. The Morgan fingerprint density at radius 2 is 1.92 bits per heavy atom. The van der Waals surface area contributed by atoms with Crippen LogP contribution in [0.15, 0.2) is 75.0 Å². The number of hydrogen-bond donors (Lipinski definition) is 1. The number of para-hydroxylation sites is 1. The Morgan fingerprint density at radius 3 is 2.69 bits per heavy atom. The number of methoxy groups -OCH3 is 1. The molecule has 0 aliphatic heterocycles. The van der Waals surface area contributed by atoms with Gasteiger partial charge in [-0.2, -0.15) is 9.78 Å². The first-order chi connectivity index (χ1) is 18.9. The molecule has 0 spiro atoms. The fourth-order valence-electron chi connectivity index (χ4n) is 4.92. The SMILES string of the molecule is COc1cccc(C=Nn2c(C3CCCCC3)nc3ccc(Br)cc3c2=O)c1OCc1cccc(C(=O)O)c1. The number of hydrogen-bond acceptors (Lipinski definition) is 6.